The number of alkyl halides is 2. The summed E-state index contributed by atoms with van der Waals surface area (Å²) in [4.78, 5) is 30.7. The van der Waals surface area contributed by atoms with Crippen LogP contribution >= 0.6 is 11.6 Å². The number of aromatic nitrogens is 2. The Labute approximate surface area is 234 Å². The largest absolute Gasteiger partial charge is 0.439 e. The monoisotopic (exact) mass is 577 g/mol. The van der Waals surface area contributed by atoms with Crippen LogP contribution in [0.3, 0.4) is 0 Å². The van der Waals surface area contributed by atoms with E-state index in [1.165, 1.54) is 45.3 Å². The number of aliphatic hydroxyl groups is 1. The van der Waals surface area contributed by atoms with Gasteiger partial charge in [-0.2, -0.15) is 13.8 Å². The molecule has 2 aromatic carbocycles. The van der Waals surface area contributed by atoms with E-state index in [1.54, 1.807) is 37.3 Å². The van der Waals surface area contributed by atoms with Gasteiger partial charge in [-0.15, -0.1) is 0 Å². The second-order valence-electron chi connectivity index (χ2n) is 9.10. The molecule has 0 saturated heterocycles. The van der Waals surface area contributed by atoms with E-state index < -0.39 is 23.5 Å². The maximum Gasteiger partial charge on any atom is 0.394 e. The minimum Gasteiger partial charge on any atom is -0.439 e. The molecule has 1 atom stereocenters. The molecule has 0 aliphatic carbocycles. The van der Waals surface area contributed by atoms with Gasteiger partial charge in [-0.25, -0.2) is 4.79 Å². The van der Waals surface area contributed by atoms with Crippen LogP contribution in [-0.4, -0.2) is 46.1 Å². The molecule has 0 radical (unpaired) electrons. The number of aliphatic imine (C=N–C) groups is 1. The summed E-state index contributed by atoms with van der Waals surface area (Å²) in [5, 5.41) is 10.6. The van der Waals surface area contributed by atoms with E-state index in [0.29, 0.717) is 17.5 Å². The highest BCUT2D eigenvalue weighted by Gasteiger charge is 2.23. The van der Waals surface area contributed by atoms with Gasteiger partial charge in [0.05, 0.1) is 24.8 Å². The van der Waals surface area contributed by atoms with Crippen LogP contribution in [-0.2, 0) is 18.3 Å². The van der Waals surface area contributed by atoms with Crippen LogP contribution in [0.5, 0.6) is 11.5 Å². The fraction of sp³-hybridized carbons (Fsp3) is 0.321. The highest BCUT2D eigenvalue weighted by molar-refractivity contribution is 6.30. The quantitative estimate of drug-likeness (QED) is 0.276. The van der Waals surface area contributed by atoms with Crippen molar-refractivity contribution < 1.29 is 28.1 Å². The van der Waals surface area contributed by atoms with E-state index in [1.807, 2.05) is 0 Å². The Morgan fingerprint density at radius 2 is 1.82 bits per heavy atom. The van der Waals surface area contributed by atoms with Gasteiger partial charge in [0.25, 0.3) is 5.56 Å². The van der Waals surface area contributed by atoms with Gasteiger partial charge >= 0.3 is 11.8 Å². The summed E-state index contributed by atoms with van der Waals surface area (Å²) >= 11 is 5.99. The van der Waals surface area contributed by atoms with Crippen molar-refractivity contribution in [3.8, 4) is 11.5 Å². The first kappa shape index (κ1) is 30.7. The third kappa shape index (κ3) is 8.10. The molecule has 214 valence electrons. The van der Waals surface area contributed by atoms with Crippen molar-refractivity contribution in [2.45, 2.75) is 39.5 Å². The SMILES string of the molecule is COCC(O)Cn1c(=O)c(C)c(N=C(Oc2cccc(OC(C)(F)F)c2)C(C)=Cc2ccc(Cl)cc2)n(C)c1=O. The van der Waals surface area contributed by atoms with Crippen LogP contribution in [0.25, 0.3) is 6.08 Å². The zero-order valence-electron chi connectivity index (χ0n) is 22.7. The number of hydrogen-bond acceptors (Lipinski definition) is 7. The summed E-state index contributed by atoms with van der Waals surface area (Å²) in [6, 6.07) is 12.6. The minimum atomic E-state index is -3.41. The van der Waals surface area contributed by atoms with Gasteiger partial charge in [-0.1, -0.05) is 29.8 Å². The Hall–Kier alpha value is -3.80. The smallest absolute Gasteiger partial charge is 0.394 e. The molecule has 1 heterocycles. The molecule has 0 saturated carbocycles. The minimum absolute atomic E-state index is 0.00923. The number of halogens is 3. The average Bonchev–Trinajstić information content (AvgIpc) is 2.88. The number of aliphatic hydroxyl groups excluding tert-OH is 1. The van der Waals surface area contributed by atoms with Gasteiger partial charge in [-0.3, -0.25) is 13.9 Å². The van der Waals surface area contributed by atoms with Crippen LogP contribution < -0.4 is 20.7 Å². The first-order valence-corrected chi connectivity index (χ1v) is 12.5. The maximum absolute atomic E-state index is 13.4. The molecule has 9 nitrogen and oxygen atoms in total. The summed E-state index contributed by atoms with van der Waals surface area (Å²) in [6.45, 7) is 3.48. The topological polar surface area (TPSA) is 104 Å². The fourth-order valence-corrected chi connectivity index (χ4v) is 3.89. The van der Waals surface area contributed by atoms with E-state index in [4.69, 9.17) is 21.1 Å². The van der Waals surface area contributed by atoms with Crippen LogP contribution in [0.4, 0.5) is 14.6 Å². The van der Waals surface area contributed by atoms with Crippen molar-refractivity contribution in [1.82, 2.24) is 9.13 Å². The van der Waals surface area contributed by atoms with Crippen LogP contribution in [0.2, 0.25) is 5.02 Å². The summed E-state index contributed by atoms with van der Waals surface area (Å²) in [6.07, 6.45) is -2.74. The molecule has 3 rings (SSSR count). The Morgan fingerprint density at radius 1 is 1.18 bits per heavy atom. The highest BCUT2D eigenvalue weighted by atomic mass is 35.5. The first-order chi connectivity index (χ1) is 18.8. The third-order valence-electron chi connectivity index (χ3n) is 5.60. The van der Waals surface area contributed by atoms with Gasteiger partial charge in [0.15, 0.2) is 0 Å². The van der Waals surface area contributed by atoms with E-state index >= 15 is 0 Å². The van der Waals surface area contributed by atoms with Crippen molar-refractivity contribution in [2.75, 3.05) is 13.7 Å². The van der Waals surface area contributed by atoms with Gasteiger partial charge in [-0.05, 0) is 49.8 Å². The van der Waals surface area contributed by atoms with Crippen molar-refractivity contribution in [2.24, 2.45) is 12.0 Å². The predicted molar refractivity (Wildman–Crippen MR) is 149 cm³/mol. The lowest BCUT2D eigenvalue weighted by molar-refractivity contribution is -0.158. The van der Waals surface area contributed by atoms with Gasteiger partial charge in [0.1, 0.15) is 17.3 Å². The molecule has 1 N–H and O–H groups in total. The number of methoxy groups -OCH3 is 1. The second kappa shape index (κ2) is 13.0. The van der Waals surface area contributed by atoms with Crippen molar-refractivity contribution in [3.05, 3.63) is 91.1 Å². The number of nitrogens with zero attached hydrogens (tertiary/aromatic N) is 3. The van der Waals surface area contributed by atoms with E-state index in [0.717, 1.165) is 14.7 Å². The molecule has 12 heteroatoms. The zero-order valence-corrected chi connectivity index (χ0v) is 23.4. The van der Waals surface area contributed by atoms with Gasteiger partial charge in [0, 0.05) is 37.7 Å². The zero-order chi connectivity index (χ0) is 29.6. The lowest BCUT2D eigenvalue weighted by atomic mass is 10.1. The molecule has 1 unspecified atom stereocenters. The van der Waals surface area contributed by atoms with Gasteiger partial charge in [0.2, 0.25) is 5.90 Å². The normalized spacial score (nSPS) is 13.3. The molecule has 0 aliphatic heterocycles. The molecular weight excluding hydrogens is 548 g/mol. The molecule has 40 heavy (non-hydrogen) atoms. The molecule has 1 aromatic heterocycles. The lowest BCUT2D eigenvalue weighted by Crippen LogP contribution is -2.43. The summed E-state index contributed by atoms with van der Waals surface area (Å²) in [7, 11) is 2.82. The van der Waals surface area contributed by atoms with E-state index in [2.05, 4.69) is 9.73 Å². The van der Waals surface area contributed by atoms with Crippen LogP contribution in [0, 0.1) is 6.92 Å². The lowest BCUT2D eigenvalue weighted by Gasteiger charge is -2.17. The highest BCUT2D eigenvalue weighted by Crippen LogP contribution is 2.27. The maximum atomic E-state index is 13.4. The standard InChI is InChI=1S/C28H30ClF2N3O6/c1-17(13-19-9-11-20(29)12-10-19)25(39-22-7-6-8-23(14-22)40-28(3,30)31)32-24-18(2)26(36)34(27(37)33(24)4)15-21(35)16-38-5/h6-14,21,35H,15-16H2,1-5H3. The van der Waals surface area contributed by atoms with Gasteiger partial charge < -0.3 is 19.3 Å². The van der Waals surface area contributed by atoms with Crippen molar-refractivity contribution >= 4 is 29.4 Å². The number of hydrogen-bond donors (Lipinski definition) is 1. The molecule has 0 bridgehead atoms. The third-order valence-corrected chi connectivity index (χ3v) is 5.86. The number of rotatable bonds is 10. The van der Waals surface area contributed by atoms with Crippen molar-refractivity contribution in [3.63, 3.8) is 0 Å². The number of ether oxygens (including phenoxy) is 3. The average molecular weight is 578 g/mol. The molecule has 0 amide bonds. The van der Waals surface area contributed by atoms with Crippen molar-refractivity contribution in [1.29, 1.82) is 0 Å². The second-order valence-corrected chi connectivity index (χ2v) is 9.53. The first-order valence-electron chi connectivity index (χ1n) is 12.1. The van der Waals surface area contributed by atoms with Crippen LogP contribution in [0.15, 0.2) is 68.7 Å². The molecular formula is C28H30ClF2N3O6. The molecule has 0 fully saturated rings. The Bertz CT molecular complexity index is 1490. The summed E-state index contributed by atoms with van der Waals surface area (Å²) in [5.74, 6) is -0.00335. The Kier molecular flexibility index (Phi) is 10.0. The summed E-state index contributed by atoms with van der Waals surface area (Å²) in [5.41, 5.74) is 0.0184. The fourth-order valence-electron chi connectivity index (χ4n) is 3.76. The predicted octanol–water partition coefficient (Wildman–Crippen LogP) is 4.72. The van der Waals surface area contributed by atoms with Crippen LogP contribution in [0.1, 0.15) is 25.0 Å². The molecule has 3 aromatic rings. The Balaban J connectivity index is 2.14. The summed E-state index contributed by atoms with van der Waals surface area (Å²) < 4.78 is 44.4. The van der Waals surface area contributed by atoms with E-state index in [-0.39, 0.29) is 41.9 Å². The molecule has 0 spiro atoms. The molecule has 0 aliphatic rings. The van der Waals surface area contributed by atoms with E-state index in [9.17, 15) is 23.5 Å². The number of benzene rings is 2. The Morgan fingerprint density at radius 3 is 2.45 bits per heavy atom.